The van der Waals surface area contributed by atoms with E-state index in [0.717, 1.165) is 22.2 Å². The van der Waals surface area contributed by atoms with Crippen LogP contribution < -0.4 is 4.74 Å². The van der Waals surface area contributed by atoms with Gasteiger partial charge in [0.05, 0.1) is 36.4 Å². The van der Waals surface area contributed by atoms with Gasteiger partial charge in [-0.1, -0.05) is 19.6 Å². The number of hydrogen-bond donors (Lipinski definition) is 0. The SMILES string of the molecule is CCOc1cc(C(=O)N(C)Cc2cnc(C(=O)OC)c3cnn(COCC[Si](C)(C)C)c23)ccc1-c1nccs1. The van der Waals surface area contributed by atoms with E-state index in [1.807, 2.05) is 18.4 Å². The first-order valence-electron chi connectivity index (χ1n) is 13.0. The van der Waals surface area contributed by atoms with Crippen molar-refractivity contribution in [2.45, 2.75) is 45.9 Å². The molecule has 12 heteroatoms. The third kappa shape index (κ3) is 6.74. The molecule has 3 aromatic heterocycles. The highest BCUT2D eigenvalue weighted by molar-refractivity contribution is 7.13. The molecule has 0 aliphatic carbocycles. The Labute approximate surface area is 238 Å². The van der Waals surface area contributed by atoms with E-state index in [4.69, 9.17) is 14.2 Å². The first-order chi connectivity index (χ1) is 19.1. The van der Waals surface area contributed by atoms with Crippen LogP contribution in [0, 0.1) is 0 Å². The zero-order chi connectivity index (χ0) is 28.9. The molecule has 3 heterocycles. The Morgan fingerprint density at radius 3 is 2.62 bits per heavy atom. The molecule has 0 spiro atoms. The van der Waals surface area contributed by atoms with Crippen molar-refractivity contribution in [2.24, 2.45) is 0 Å². The standard InChI is InChI=1S/C28H35N5O5SSi/c1-7-38-23-14-19(8-9-21(23)26-29-10-12-39-26)27(34)32(2)17-20-15-30-24(28(35)36-3)22-16-31-33(25(20)22)18-37-11-13-40(4,5)6/h8-10,12,14-16H,7,11,13,17-18H2,1-6H3. The van der Waals surface area contributed by atoms with Crippen LogP contribution in [-0.4, -0.2) is 72.0 Å². The number of pyridine rings is 1. The molecular weight excluding hydrogens is 546 g/mol. The van der Waals surface area contributed by atoms with Crippen molar-refractivity contribution >= 4 is 42.2 Å². The highest BCUT2D eigenvalue weighted by Crippen LogP contribution is 2.33. The van der Waals surface area contributed by atoms with Crippen LogP contribution in [-0.2, 0) is 22.7 Å². The summed E-state index contributed by atoms with van der Waals surface area (Å²) in [5.74, 6) is -0.130. The number of aromatic nitrogens is 4. The van der Waals surface area contributed by atoms with E-state index in [9.17, 15) is 9.59 Å². The lowest BCUT2D eigenvalue weighted by atomic mass is 10.1. The first kappa shape index (κ1) is 29.4. The molecule has 0 radical (unpaired) electrons. The summed E-state index contributed by atoms with van der Waals surface area (Å²) in [6.07, 6.45) is 4.92. The second kappa shape index (κ2) is 12.7. The van der Waals surface area contributed by atoms with Crippen LogP contribution in [0.1, 0.15) is 33.3 Å². The zero-order valence-electron chi connectivity index (χ0n) is 23.8. The predicted molar refractivity (Wildman–Crippen MR) is 157 cm³/mol. The third-order valence-corrected chi connectivity index (χ3v) is 8.79. The van der Waals surface area contributed by atoms with Crippen molar-refractivity contribution in [1.82, 2.24) is 24.6 Å². The maximum absolute atomic E-state index is 13.5. The molecule has 0 aliphatic heterocycles. The number of amides is 1. The van der Waals surface area contributed by atoms with Gasteiger partial charge < -0.3 is 19.1 Å². The van der Waals surface area contributed by atoms with Gasteiger partial charge in [0.1, 0.15) is 17.5 Å². The second-order valence-electron chi connectivity index (χ2n) is 10.5. The Balaban J connectivity index is 1.61. The maximum Gasteiger partial charge on any atom is 0.357 e. The van der Waals surface area contributed by atoms with Crippen molar-refractivity contribution < 1.29 is 23.8 Å². The number of ether oxygens (including phenoxy) is 3. The minimum Gasteiger partial charge on any atom is -0.493 e. The van der Waals surface area contributed by atoms with Crippen LogP contribution in [0.2, 0.25) is 25.7 Å². The number of thiazole rings is 1. The quantitative estimate of drug-likeness (QED) is 0.126. The second-order valence-corrected chi connectivity index (χ2v) is 17.0. The van der Waals surface area contributed by atoms with Crippen molar-refractivity contribution in [1.29, 1.82) is 0 Å². The van der Waals surface area contributed by atoms with Crippen molar-refractivity contribution in [3.8, 4) is 16.3 Å². The van der Waals surface area contributed by atoms with E-state index in [1.54, 1.807) is 47.4 Å². The topological polar surface area (TPSA) is 109 Å². The number of nitrogens with zero attached hydrogens (tertiary/aromatic N) is 5. The van der Waals surface area contributed by atoms with Crippen molar-refractivity contribution in [3.63, 3.8) is 0 Å². The van der Waals surface area contributed by atoms with Crippen LogP contribution >= 0.6 is 11.3 Å². The molecule has 0 unspecified atom stereocenters. The molecule has 0 aliphatic rings. The lowest BCUT2D eigenvalue weighted by Crippen LogP contribution is -2.27. The summed E-state index contributed by atoms with van der Waals surface area (Å²) in [6, 6.07) is 6.42. The number of carbonyl (C=O) groups excluding carboxylic acids is 2. The Hall–Kier alpha value is -3.61. The van der Waals surface area contributed by atoms with Gasteiger partial charge >= 0.3 is 5.97 Å². The fourth-order valence-electron chi connectivity index (χ4n) is 4.18. The fraction of sp³-hybridized carbons (Fsp3) is 0.393. The van der Waals surface area contributed by atoms with E-state index in [2.05, 4.69) is 34.7 Å². The highest BCUT2D eigenvalue weighted by Gasteiger charge is 2.22. The molecule has 1 amide bonds. The molecule has 0 N–H and O–H groups in total. The maximum atomic E-state index is 13.5. The van der Waals surface area contributed by atoms with Gasteiger partial charge in [-0.15, -0.1) is 11.3 Å². The molecule has 10 nitrogen and oxygen atoms in total. The fourth-order valence-corrected chi connectivity index (χ4v) is 5.61. The average Bonchev–Trinajstić information content (AvgIpc) is 3.61. The molecule has 212 valence electrons. The van der Waals surface area contributed by atoms with Crippen LogP contribution in [0.4, 0.5) is 0 Å². The summed E-state index contributed by atoms with van der Waals surface area (Å²) in [6.45, 7) is 10.3. The Morgan fingerprint density at radius 2 is 1.95 bits per heavy atom. The number of fused-ring (bicyclic) bond motifs is 1. The molecule has 4 rings (SSSR count). The average molecular weight is 582 g/mol. The summed E-state index contributed by atoms with van der Waals surface area (Å²) in [5, 5.41) is 7.75. The lowest BCUT2D eigenvalue weighted by Gasteiger charge is -2.20. The largest absolute Gasteiger partial charge is 0.493 e. The van der Waals surface area contributed by atoms with E-state index >= 15 is 0 Å². The van der Waals surface area contributed by atoms with Gasteiger partial charge in [0.25, 0.3) is 5.91 Å². The molecule has 0 bridgehead atoms. The molecule has 1 aromatic carbocycles. The molecule has 0 saturated heterocycles. The van der Waals surface area contributed by atoms with Gasteiger partial charge in [-0.2, -0.15) is 5.10 Å². The van der Waals surface area contributed by atoms with Gasteiger partial charge in [-0.3, -0.25) is 4.79 Å². The molecule has 0 atom stereocenters. The predicted octanol–water partition coefficient (Wildman–Crippen LogP) is 5.32. The number of carbonyl (C=O) groups is 2. The number of esters is 1. The van der Waals surface area contributed by atoms with Gasteiger partial charge in [-0.05, 0) is 31.2 Å². The monoisotopic (exact) mass is 581 g/mol. The normalized spacial score (nSPS) is 11.6. The molecule has 4 aromatic rings. The van der Waals surface area contributed by atoms with Gasteiger partial charge in [0.2, 0.25) is 0 Å². The van der Waals surface area contributed by atoms with Crippen LogP contribution in [0.25, 0.3) is 21.5 Å². The number of benzene rings is 1. The van der Waals surface area contributed by atoms with E-state index in [0.29, 0.717) is 35.4 Å². The molecule has 0 saturated carbocycles. The van der Waals surface area contributed by atoms with E-state index in [1.165, 1.54) is 18.4 Å². The Bertz CT molecular complexity index is 1480. The number of rotatable bonds is 12. The lowest BCUT2D eigenvalue weighted by molar-refractivity contribution is 0.0595. The summed E-state index contributed by atoms with van der Waals surface area (Å²) in [7, 11) is 1.79. The summed E-state index contributed by atoms with van der Waals surface area (Å²) in [4.78, 5) is 36.2. The first-order valence-corrected chi connectivity index (χ1v) is 17.6. The number of methoxy groups -OCH3 is 1. The van der Waals surface area contributed by atoms with Crippen LogP contribution in [0.5, 0.6) is 5.75 Å². The van der Waals surface area contributed by atoms with Gasteiger partial charge in [0, 0.05) is 57.2 Å². The summed E-state index contributed by atoms with van der Waals surface area (Å²) < 4.78 is 18.4. The summed E-state index contributed by atoms with van der Waals surface area (Å²) >= 11 is 1.51. The van der Waals surface area contributed by atoms with Crippen molar-refractivity contribution in [3.05, 3.63) is 59.0 Å². The molecular formula is C28H35N5O5SSi. The van der Waals surface area contributed by atoms with Gasteiger partial charge in [0.15, 0.2) is 5.69 Å². The highest BCUT2D eigenvalue weighted by atomic mass is 32.1. The molecule has 40 heavy (non-hydrogen) atoms. The summed E-state index contributed by atoms with van der Waals surface area (Å²) in [5.41, 5.74) is 2.91. The van der Waals surface area contributed by atoms with Gasteiger partial charge in [-0.25, -0.2) is 19.4 Å². The van der Waals surface area contributed by atoms with Crippen LogP contribution in [0.15, 0.2) is 42.2 Å². The zero-order valence-corrected chi connectivity index (χ0v) is 25.6. The van der Waals surface area contributed by atoms with Crippen molar-refractivity contribution in [2.75, 3.05) is 27.4 Å². The Morgan fingerprint density at radius 1 is 1.15 bits per heavy atom. The third-order valence-electron chi connectivity index (χ3n) is 6.28. The minimum absolute atomic E-state index is 0.169. The molecule has 0 fully saturated rings. The van der Waals surface area contributed by atoms with E-state index in [-0.39, 0.29) is 24.9 Å². The smallest absolute Gasteiger partial charge is 0.357 e. The van der Waals surface area contributed by atoms with E-state index < -0.39 is 14.0 Å². The Kier molecular flexibility index (Phi) is 9.33. The number of hydrogen-bond acceptors (Lipinski definition) is 9. The van der Waals surface area contributed by atoms with Crippen LogP contribution in [0.3, 0.4) is 0 Å². The minimum atomic E-state index is -1.25.